The van der Waals surface area contributed by atoms with Crippen LogP contribution in [0.4, 0.5) is 0 Å². The molecule has 1 aliphatic heterocycles. The minimum Gasteiger partial charge on any atom is -0.454 e. The number of nitrogens with zero attached hydrogens (tertiary/aromatic N) is 3. The number of aromatic nitrogens is 1. The molecule has 4 N–H and O–H groups in total. The number of hydrogen-bond donors (Lipinski definition) is 3. The lowest BCUT2D eigenvalue weighted by molar-refractivity contribution is 0.0972. The Morgan fingerprint density at radius 2 is 2.14 bits per heavy atom. The largest absolute Gasteiger partial charge is 0.454 e. The zero-order valence-electron chi connectivity index (χ0n) is 16.2. The minimum atomic E-state index is -0.572. The van der Waals surface area contributed by atoms with E-state index in [0.717, 1.165) is 50.7 Å². The van der Waals surface area contributed by atoms with Crippen LogP contribution in [0.1, 0.15) is 41.8 Å². The average molecular weight is 384 g/mol. The van der Waals surface area contributed by atoms with Gasteiger partial charge in [-0.1, -0.05) is 6.07 Å². The summed E-state index contributed by atoms with van der Waals surface area (Å²) >= 11 is 0. The van der Waals surface area contributed by atoms with Crippen LogP contribution < -0.4 is 16.4 Å². The first-order chi connectivity index (χ1) is 13.6. The van der Waals surface area contributed by atoms with E-state index in [1.165, 1.54) is 0 Å². The van der Waals surface area contributed by atoms with Crippen molar-refractivity contribution < 1.29 is 9.21 Å². The molecule has 2 aromatic rings. The zero-order valence-corrected chi connectivity index (χ0v) is 16.2. The number of primary amides is 1. The Morgan fingerprint density at radius 3 is 2.79 bits per heavy atom. The fourth-order valence-electron chi connectivity index (χ4n) is 3.22. The third-order valence-corrected chi connectivity index (χ3v) is 4.68. The molecule has 0 spiro atoms. The number of amides is 1. The Labute approximate surface area is 165 Å². The molecule has 0 bridgehead atoms. The van der Waals surface area contributed by atoms with Gasteiger partial charge in [0.2, 0.25) is 0 Å². The van der Waals surface area contributed by atoms with E-state index in [-0.39, 0.29) is 5.76 Å². The molecule has 0 saturated carbocycles. The molecule has 8 nitrogen and oxygen atoms in total. The first kappa shape index (κ1) is 19.9. The van der Waals surface area contributed by atoms with E-state index in [1.807, 2.05) is 25.3 Å². The quantitative estimate of drug-likeness (QED) is 0.493. The van der Waals surface area contributed by atoms with E-state index in [4.69, 9.17) is 10.2 Å². The van der Waals surface area contributed by atoms with Gasteiger partial charge >= 0.3 is 0 Å². The number of rotatable bonds is 7. The summed E-state index contributed by atoms with van der Waals surface area (Å²) in [6.07, 6.45) is 3.93. The third-order valence-electron chi connectivity index (χ3n) is 4.68. The van der Waals surface area contributed by atoms with Gasteiger partial charge in [0.05, 0.1) is 5.69 Å². The SMILES string of the molecule is CCNC(=NCc1ccc(C(N)=O)o1)NC1CCN(Cc2ccccn2)CC1. The van der Waals surface area contributed by atoms with E-state index >= 15 is 0 Å². The van der Waals surface area contributed by atoms with Crippen molar-refractivity contribution in [1.29, 1.82) is 0 Å². The number of guanidine groups is 1. The van der Waals surface area contributed by atoms with Gasteiger partial charge in [-0.2, -0.15) is 0 Å². The molecule has 150 valence electrons. The second-order valence-electron chi connectivity index (χ2n) is 6.84. The topological polar surface area (TPSA) is 109 Å². The number of carbonyl (C=O) groups is 1. The molecular formula is C20H28N6O2. The van der Waals surface area contributed by atoms with Gasteiger partial charge in [-0.15, -0.1) is 0 Å². The Bertz CT molecular complexity index is 781. The van der Waals surface area contributed by atoms with Crippen LogP contribution in [0, 0.1) is 0 Å². The molecule has 3 rings (SSSR count). The standard InChI is InChI=1S/C20H28N6O2/c1-2-22-20(24-13-17-6-7-18(28-17)19(21)27)25-15-8-11-26(12-9-15)14-16-5-3-4-10-23-16/h3-7,10,15H,2,8-9,11-14H2,1H3,(H2,21,27)(H2,22,24,25). The van der Waals surface area contributed by atoms with Gasteiger partial charge in [-0.05, 0) is 44.0 Å². The molecule has 0 radical (unpaired) electrons. The highest BCUT2D eigenvalue weighted by Gasteiger charge is 2.20. The molecule has 0 aromatic carbocycles. The first-order valence-corrected chi connectivity index (χ1v) is 9.69. The van der Waals surface area contributed by atoms with Gasteiger partial charge < -0.3 is 20.8 Å². The van der Waals surface area contributed by atoms with Crippen molar-refractivity contribution in [3.05, 3.63) is 53.7 Å². The second-order valence-corrected chi connectivity index (χ2v) is 6.84. The van der Waals surface area contributed by atoms with Crippen molar-refractivity contribution in [3.8, 4) is 0 Å². The van der Waals surface area contributed by atoms with Crippen LogP contribution in [0.3, 0.4) is 0 Å². The second kappa shape index (κ2) is 9.89. The van der Waals surface area contributed by atoms with Crippen molar-refractivity contribution in [2.24, 2.45) is 10.7 Å². The van der Waals surface area contributed by atoms with Gasteiger partial charge in [0.15, 0.2) is 11.7 Å². The highest BCUT2D eigenvalue weighted by atomic mass is 16.3. The van der Waals surface area contributed by atoms with Crippen LogP contribution in [0.5, 0.6) is 0 Å². The van der Waals surface area contributed by atoms with E-state index in [0.29, 0.717) is 18.3 Å². The molecule has 0 unspecified atom stereocenters. The van der Waals surface area contributed by atoms with E-state index in [2.05, 4.69) is 31.6 Å². The third kappa shape index (κ3) is 5.82. The molecule has 2 aromatic heterocycles. The van der Waals surface area contributed by atoms with Crippen LogP contribution in [0.2, 0.25) is 0 Å². The van der Waals surface area contributed by atoms with Gasteiger partial charge in [0.1, 0.15) is 12.3 Å². The van der Waals surface area contributed by atoms with Crippen LogP contribution in [0.15, 0.2) is 45.9 Å². The predicted octanol–water partition coefficient (Wildman–Crippen LogP) is 1.49. The lowest BCUT2D eigenvalue weighted by Crippen LogP contribution is -2.48. The first-order valence-electron chi connectivity index (χ1n) is 9.69. The minimum absolute atomic E-state index is 0.156. The summed E-state index contributed by atoms with van der Waals surface area (Å²) in [7, 11) is 0. The van der Waals surface area contributed by atoms with Crippen molar-refractivity contribution in [2.75, 3.05) is 19.6 Å². The van der Waals surface area contributed by atoms with Crippen molar-refractivity contribution in [2.45, 2.75) is 38.9 Å². The van der Waals surface area contributed by atoms with E-state index in [9.17, 15) is 4.79 Å². The summed E-state index contributed by atoms with van der Waals surface area (Å²) in [5.74, 6) is 0.944. The van der Waals surface area contributed by atoms with Gasteiger partial charge in [0, 0.05) is 38.4 Å². The van der Waals surface area contributed by atoms with E-state index in [1.54, 1.807) is 12.1 Å². The summed E-state index contributed by atoms with van der Waals surface area (Å²) in [5.41, 5.74) is 6.32. The number of pyridine rings is 1. The van der Waals surface area contributed by atoms with E-state index < -0.39 is 5.91 Å². The van der Waals surface area contributed by atoms with Crippen molar-refractivity contribution in [3.63, 3.8) is 0 Å². The Kier molecular flexibility index (Phi) is 7.02. The maximum Gasteiger partial charge on any atom is 0.284 e. The van der Waals surface area contributed by atoms with Crippen LogP contribution in [-0.4, -0.2) is 47.4 Å². The molecule has 8 heteroatoms. The molecular weight excluding hydrogens is 356 g/mol. The monoisotopic (exact) mass is 384 g/mol. The number of aliphatic imine (C=N–C) groups is 1. The molecule has 1 fully saturated rings. The maximum atomic E-state index is 11.1. The van der Waals surface area contributed by atoms with Gasteiger partial charge in [0.25, 0.3) is 5.91 Å². The van der Waals surface area contributed by atoms with Gasteiger partial charge in [-0.3, -0.25) is 14.7 Å². The number of piperidine rings is 1. The fraction of sp³-hybridized carbons (Fsp3) is 0.450. The molecule has 28 heavy (non-hydrogen) atoms. The fourth-order valence-corrected chi connectivity index (χ4v) is 3.22. The summed E-state index contributed by atoms with van der Waals surface area (Å²) in [5, 5.41) is 6.77. The number of carbonyl (C=O) groups excluding carboxylic acids is 1. The lowest BCUT2D eigenvalue weighted by Gasteiger charge is -2.32. The smallest absolute Gasteiger partial charge is 0.284 e. The Balaban J connectivity index is 1.49. The number of likely N-dealkylation sites (tertiary alicyclic amines) is 1. The number of nitrogens with one attached hydrogen (secondary N) is 2. The Morgan fingerprint density at radius 1 is 1.32 bits per heavy atom. The zero-order chi connectivity index (χ0) is 19.8. The molecule has 1 saturated heterocycles. The number of nitrogens with two attached hydrogens (primary N) is 1. The summed E-state index contributed by atoms with van der Waals surface area (Å²) < 4.78 is 5.38. The molecule has 0 atom stereocenters. The number of furan rings is 1. The van der Waals surface area contributed by atoms with Crippen LogP contribution >= 0.6 is 0 Å². The normalized spacial score (nSPS) is 16.1. The molecule has 3 heterocycles. The molecule has 1 aliphatic rings. The van der Waals surface area contributed by atoms with Crippen molar-refractivity contribution in [1.82, 2.24) is 20.5 Å². The summed E-state index contributed by atoms with van der Waals surface area (Å²) in [6.45, 7) is 6.09. The van der Waals surface area contributed by atoms with Crippen LogP contribution in [-0.2, 0) is 13.1 Å². The summed E-state index contributed by atoms with van der Waals surface area (Å²) in [4.78, 5) is 22.5. The highest BCUT2D eigenvalue weighted by molar-refractivity contribution is 5.89. The lowest BCUT2D eigenvalue weighted by atomic mass is 10.0. The number of hydrogen-bond acceptors (Lipinski definition) is 5. The van der Waals surface area contributed by atoms with Gasteiger partial charge in [-0.25, -0.2) is 4.99 Å². The summed E-state index contributed by atoms with van der Waals surface area (Å²) in [6, 6.07) is 9.71. The average Bonchev–Trinajstić information content (AvgIpc) is 3.18. The molecule has 1 amide bonds. The highest BCUT2D eigenvalue weighted by Crippen LogP contribution is 2.13. The van der Waals surface area contributed by atoms with Crippen molar-refractivity contribution >= 4 is 11.9 Å². The molecule has 0 aliphatic carbocycles. The maximum absolute atomic E-state index is 11.1. The van der Waals surface area contributed by atoms with Crippen LogP contribution in [0.25, 0.3) is 0 Å². The predicted molar refractivity (Wildman–Crippen MR) is 108 cm³/mol. The Hall–Kier alpha value is -2.87.